The van der Waals surface area contributed by atoms with Gasteiger partial charge < -0.3 is 4.74 Å². The molecule has 2 atom stereocenters. The number of nitrogens with one attached hydrogen (secondary N) is 1. The minimum Gasteiger partial charge on any atom is -0.375 e. The summed E-state index contributed by atoms with van der Waals surface area (Å²) in [7, 11) is 0. The zero-order chi connectivity index (χ0) is 11.5. The molecule has 2 unspecified atom stereocenters. The van der Waals surface area contributed by atoms with Crippen molar-refractivity contribution < 1.29 is 4.74 Å². The maximum absolute atomic E-state index is 9.32. The van der Waals surface area contributed by atoms with Crippen molar-refractivity contribution in [2.45, 2.75) is 58.3 Å². The lowest BCUT2D eigenvalue weighted by atomic mass is 9.85. The van der Waals surface area contributed by atoms with Crippen molar-refractivity contribution in [3.63, 3.8) is 0 Å². The van der Waals surface area contributed by atoms with Crippen molar-refractivity contribution in [3.05, 3.63) is 0 Å². The smallest absolute Gasteiger partial charge is 0.111 e. The van der Waals surface area contributed by atoms with Crippen LogP contribution in [-0.2, 0) is 4.74 Å². The highest BCUT2D eigenvalue weighted by Gasteiger charge is 2.38. The molecule has 86 valence electrons. The van der Waals surface area contributed by atoms with E-state index >= 15 is 0 Å². The van der Waals surface area contributed by atoms with Gasteiger partial charge >= 0.3 is 0 Å². The van der Waals surface area contributed by atoms with Crippen LogP contribution in [0.25, 0.3) is 0 Å². The van der Waals surface area contributed by atoms with Crippen LogP contribution in [-0.4, -0.2) is 24.3 Å². The van der Waals surface area contributed by atoms with Crippen LogP contribution in [0, 0.1) is 17.2 Å². The molecule has 0 aromatic rings. The van der Waals surface area contributed by atoms with Crippen LogP contribution in [0.4, 0.5) is 0 Å². The van der Waals surface area contributed by atoms with E-state index in [4.69, 9.17) is 4.74 Å². The van der Waals surface area contributed by atoms with Crippen molar-refractivity contribution in [2.24, 2.45) is 5.92 Å². The molecule has 1 heterocycles. The normalized spacial score (nSPS) is 36.5. The average Bonchev–Trinajstić information content (AvgIpc) is 2.13. The van der Waals surface area contributed by atoms with E-state index in [1.807, 2.05) is 13.8 Å². The minimum atomic E-state index is -0.374. The van der Waals surface area contributed by atoms with Crippen LogP contribution in [0.5, 0.6) is 0 Å². The molecular formula is C12H22N2O. The molecule has 1 rings (SSSR count). The lowest BCUT2D eigenvalue weighted by Gasteiger charge is -2.39. The van der Waals surface area contributed by atoms with Gasteiger partial charge in [0.05, 0.1) is 18.3 Å². The molecule has 1 aliphatic rings. The molecule has 15 heavy (non-hydrogen) atoms. The second-order valence-corrected chi connectivity index (χ2v) is 5.13. The summed E-state index contributed by atoms with van der Waals surface area (Å²) < 4.78 is 5.66. The number of nitriles is 1. The highest BCUT2D eigenvalue weighted by atomic mass is 16.5. The Kier molecular flexibility index (Phi) is 4.12. The SMILES string of the molecule is CC(C)CNC1(C#N)CC(C)OC(C)C1. The molecule has 0 bridgehead atoms. The fraction of sp³-hybridized carbons (Fsp3) is 0.917. The van der Waals surface area contributed by atoms with Crippen molar-refractivity contribution in [1.82, 2.24) is 5.32 Å². The van der Waals surface area contributed by atoms with Gasteiger partial charge in [0.1, 0.15) is 5.54 Å². The molecule has 1 fully saturated rings. The van der Waals surface area contributed by atoms with E-state index in [9.17, 15) is 5.26 Å². The van der Waals surface area contributed by atoms with E-state index in [2.05, 4.69) is 25.2 Å². The molecule has 0 aromatic carbocycles. The van der Waals surface area contributed by atoms with Gasteiger partial charge in [0.2, 0.25) is 0 Å². The van der Waals surface area contributed by atoms with E-state index in [1.54, 1.807) is 0 Å². The third-order valence-corrected chi connectivity index (χ3v) is 2.80. The number of ether oxygens (including phenoxy) is 1. The molecule has 0 spiro atoms. The van der Waals surface area contributed by atoms with Crippen molar-refractivity contribution in [1.29, 1.82) is 5.26 Å². The van der Waals surface area contributed by atoms with Crippen LogP contribution in [0.3, 0.4) is 0 Å². The van der Waals surface area contributed by atoms with Gasteiger partial charge in [-0.3, -0.25) is 5.32 Å². The Hall–Kier alpha value is -0.590. The largest absolute Gasteiger partial charge is 0.375 e. The van der Waals surface area contributed by atoms with Crippen LogP contribution in [0.1, 0.15) is 40.5 Å². The lowest BCUT2D eigenvalue weighted by Crippen LogP contribution is -2.53. The van der Waals surface area contributed by atoms with E-state index in [-0.39, 0.29) is 17.7 Å². The van der Waals surface area contributed by atoms with Gasteiger partial charge in [-0.2, -0.15) is 5.26 Å². The summed E-state index contributed by atoms with van der Waals surface area (Å²) in [4.78, 5) is 0. The summed E-state index contributed by atoms with van der Waals surface area (Å²) in [6.07, 6.45) is 1.93. The van der Waals surface area contributed by atoms with E-state index in [1.165, 1.54) is 0 Å². The molecule has 3 heteroatoms. The van der Waals surface area contributed by atoms with Gasteiger partial charge in [0.25, 0.3) is 0 Å². The van der Waals surface area contributed by atoms with Gasteiger partial charge in [0, 0.05) is 12.8 Å². The quantitative estimate of drug-likeness (QED) is 0.775. The van der Waals surface area contributed by atoms with E-state index in [0.717, 1.165) is 19.4 Å². The topological polar surface area (TPSA) is 45.0 Å². The first-order chi connectivity index (χ1) is 6.97. The standard InChI is InChI=1S/C12H22N2O/c1-9(2)7-14-12(8-13)5-10(3)15-11(4)6-12/h9-11,14H,5-7H2,1-4H3. The number of rotatable bonds is 3. The Morgan fingerprint density at radius 3 is 2.33 bits per heavy atom. The molecule has 1 aliphatic heterocycles. The third-order valence-electron chi connectivity index (χ3n) is 2.80. The van der Waals surface area contributed by atoms with Crippen LogP contribution >= 0.6 is 0 Å². The summed E-state index contributed by atoms with van der Waals surface area (Å²) in [5, 5.41) is 12.7. The first kappa shape index (κ1) is 12.5. The third kappa shape index (κ3) is 3.48. The van der Waals surface area contributed by atoms with Crippen molar-refractivity contribution >= 4 is 0 Å². The fourth-order valence-electron chi connectivity index (χ4n) is 2.23. The lowest BCUT2D eigenvalue weighted by molar-refractivity contribution is -0.0566. The van der Waals surface area contributed by atoms with Gasteiger partial charge in [-0.15, -0.1) is 0 Å². The first-order valence-electron chi connectivity index (χ1n) is 5.79. The molecule has 0 radical (unpaired) electrons. The van der Waals surface area contributed by atoms with E-state index < -0.39 is 0 Å². The molecule has 1 N–H and O–H groups in total. The van der Waals surface area contributed by atoms with Crippen molar-refractivity contribution in [2.75, 3.05) is 6.54 Å². The number of hydrogen-bond acceptors (Lipinski definition) is 3. The Bertz CT molecular complexity index is 234. The molecule has 0 saturated carbocycles. The molecule has 1 saturated heterocycles. The summed E-state index contributed by atoms with van der Waals surface area (Å²) in [6.45, 7) is 9.29. The van der Waals surface area contributed by atoms with Crippen LogP contribution < -0.4 is 5.32 Å². The minimum absolute atomic E-state index is 0.174. The fourth-order valence-corrected chi connectivity index (χ4v) is 2.23. The zero-order valence-corrected chi connectivity index (χ0v) is 10.2. The van der Waals surface area contributed by atoms with Gasteiger partial charge in [-0.05, 0) is 26.3 Å². The second-order valence-electron chi connectivity index (χ2n) is 5.13. The Labute approximate surface area is 92.8 Å². The Morgan fingerprint density at radius 1 is 1.40 bits per heavy atom. The number of nitrogens with zero attached hydrogens (tertiary/aromatic N) is 1. The average molecular weight is 210 g/mol. The van der Waals surface area contributed by atoms with Crippen molar-refractivity contribution in [3.8, 4) is 6.07 Å². The Morgan fingerprint density at radius 2 is 1.93 bits per heavy atom. The zero-order valence-electron chi connectivity index (χ0n) is 10.2. The van der Waals surface area contributed by atoms with Crippen LogP contribution in [0.15, 0.2) is 0 Å². The molecule has 0 amide bonds. The summed E-state index contributed by atoms with van der Waals surface area (Å²) >= 11 is 0. The maximum Gasteiger partial charge on any atom is 0.111 e. The predicted octanol–water partition coefficient (Wildman–Crippen LogP) is 2.08. The summed E-state index contributed by atoms with van der Waals surface area (Å²) in [6, 6.07) is 2.44. The predicted molar refractivity (Wildman–Crippen MR) is 60.4 cm³/mol. The summed E-state index contributed by atoms with van der Waals surface area (Å²) in [5.41, 5.74) is -0.374. The van der Waals surface area contributed by atoms with Gasteiger partial charge in [-0.1, -0.05) is 13.8 Å². The van der Waals surface area contributed by atoms with Crippen LogP contribution in [0.2, 0.25) is 0 Å². The highest BCUT2D eigenvalue weighted by Crippen LogP contribution is 2.28. The molecule has 3 nitrogen and oxygen atoms in total. The van der Waals surface area contributed by atoms with Gasteiger partial charge in [0.15, 0.2) is 0 Å². The summed E-state index contributed by atoms with van der Waals surface area (Å²) in [5.74, 6) is 0.573. The first-order valence-corrected chi connectivity index (χ1v) is 5.79. The Balaban J connectivity index is 2.63. The maximum atomic E-state index is 9.32. The number of hydrogen-bond donors (Lipinski definition) is 1. The highest BCUT2D eigenvalue weighted by molar-refractivity contribution is 5.10. The second kappa shape index (κ2) is 4.96. The monoisotopic (exact) mass is 210 g/mol. The molecule has 0 aromatic heterocycles. The van der Waals surface area contributed by atoms with E-state index in [0.29, 0.717) is 5.92 Å². The molecular weight excluding hydrogens is 188 g/mol. The molecule has 0 aliphatic carbocycles. The van der Waals surface area contributed by atoms with Gasteiger partial charge in [-0.25, -0.2) is 0 Å².